The average molecular weight is 535 g/mol. The maximum absolute atomic E-state index is 13.8. The van der Waals surface area contributed by atoms with E-state index in [4.69, 9.17) is 14.2 Å². The minimum Gasteiger partial charge on any atom is -0.493 e. The number of fused-ring (bicyclic) bond motifs is 1. The highest BCUT2D eigenvalue weighted by Crippen LogP contribution is 2.47. The van der Waals surface area contributed by atoms with Crippen molar-refractivity contribution in [3.63, 3.8) is 0 Å². The van der Waals surface area contributed by atoms with Gasteiger partial charge in [-0.25, -0.2) is 0 Å². The lowest BCUT2D eigenvalue weighted by atomic mass is 9.78. The van der Waals surface area contributed by atoms with E-state index in [0.29, 0.717) is 30.1 Å². The number of ether oxygens (including phenoxy) is 3. The summed E-state index contributed by atoms with van der Waals surface area (Å²) in [5.41, 5.74) is 5.62. The van der Waals surface area contributed by atoms with E-state index in [2.05, 4.69) is 32.6 Å². The second-order valence-corrected chi connectivity index (χ2v) is 9.50. The Morgan fingerprint density at radius 3 is 2.17 bits per heavy atom. The molecular weight excluding hydrogens is 508 g/mol. The molecule has 1 aliphatic carbocycles. The van der Waals surface area contributed by atoms with Gasteiger partial charge in [0, 0.05) is 22.2 Å². The topological polar surface area (TPSA) is 68.8 Å². The van der Waals surface area contributed by atoms with E-state index in [9.17, 15) is 4.79 Å². The lowest BCUT2D eigenvalue weighted by molar-refractivity contribution is -0.116. The van der Waals surface area contributed by atoms with Gasteiger partial charge in [0.15, 0.2) is 17.3 Å². The predicted molar refractivity (Wildman–Crippen MR) is 141 cm³/mol. The minimum absolute atomic E-state index is 0.0346. The number of carbonyl (C=O) groups excluding carboxylic acids is 1. The first-order valence-corrected chi connectivity index (χ1v) is 12.3. The van der Waals surface area contributed by atoms with Crippen molar-refractivity contribution in [3.05, 3.63) is 87.5 Å². The highest BCUT2D eigenvalue weighted by Gasteiger charge is 2.37. The van der Waals surface area contributed by atoms with Crippen molar-refractivity contribution < 1.29 is 19.0 Å². The molecule has 2 aliphatic rings. The van der Waals surface area contributed by atoms with E-state index in [1.165, 1.54) is 0 Å². The molecule has 0 saturated heterocycles. The SMILES string of the molecule is COc1cc(C2CC(=O)C3=C(C2)Nc2ccccc2NC3c2ccccc2Br)cc(OC)c1OC. The fourth-order valence-corrected chi connectivity index (χ4v) is 5.52. The number of carbonyl (C=O) groups is 1. The zero-order chi connectivity index (χ0) is 24.5. The average Bonchev–Trinajstić information content (AvgIpc) is 3.04. The molecule has 2 unspecified atom stereocenters. The molecule has 0 aromatic heterocycles. The van der Waals surface area contributed by atoms with Crippen LogP contribution in [0, 0.1) is 0 Å². The molecule has 2 N–H and O–H groups in total. The van der Waals surface area contributed by atoms with Gasteiger partial charge in [-0.05, 0) is 53.8 Å². The third kappa shape index (κ3) is 4.25. The van der Waals surface area contributed by atoms with Gasteiger partial charge in [-0.1, -0.05) is 46.3 Å². The van der Waals surface area contributed by atoms with Crippen molar-refractivity contribution >= 4 is 33.1 Å². The Morgan fingerprint density at radius 2 is 1.51 bits per heavy atom. The van der Waals surface area contributed by atoms with Crippen molar-refractivity contribution in [2.45, 2.75) is 24.8 Å². The molecule has 2 atom stereocenters. The van der Waals surface area contributed by atoms with Crippen LogP contribution >= 0.6 is 15.9 Å². The quantitative estimate of drug-likeness (QED) is 0.391. The first-order valence-electron chi connectivity index (χ1n) is 11.5. The van der Waals surface area contributed by atoms with Crippen LogP contribution in [-0.2, 0) is 4.79 Å². The zero-order valence-corrected chi connectivity index (χ0v) is 21.4. The third-order valence-electron chi connectivity index (χ3n) is 6.68. The van der Waals surface area contributed by atoms with Gasteiger partial charge in [0.05, 0.1) is 38.7 Å². The molecule has 35 heavy (non-hydrogen) atoms. The van der Waals surface area contributed by atoms with Crippen molar-refractivity contribution in [1.82, 2.24) is 0 Å². The zero-order valence-electron chi connectivity index (χ0n) is 19.9. The molecule has 5 rings (SSSR count). The van der Waals surface area contributed by atoms with Gasteiger partial charge in [-0.2, -0.15) is 0 Å². The highest BCUT2D eigenvalue weighted by molar-refractivity contribution is 9.10. The van der Waals surface area contributed by atoms with E-state index in [0.717, 1.165) is 38.2 Å². The number of hydrogen-bond acceptors (Lipinski definition) is 6. The Balaban J connectivity index is 1.61. The van der Waals surface area contributed by atoms with E-state index in [1.54, 1.807) is 21.3 Å². The first-order chi connectivity index (χ1) is 17.0. The number of allylic oxidation sites excluding steroid dienone is 1. The Kier molecular flexibility index (Phi) is 6.43. The van der Waals surface area contributed by atoms with Crippen LogP contribution in [0.3, 0.4) is 0 Å². The fourth-order valence-electron chi connectivity index (χ4n) is 5.01. The first kappa shape index (κ1) is 23.3. The summed E-state index contributed by atoms with van der Waals surface area (Å²) >= 11 is 3.69. The van der Waals surface area contributed by atoms with E-state index in [-0.39, 0.29) is 17.7 Å². The second kappa shape index (κ2) is 9.66. The summed E-state index contributed by atoms with van der Waals surface area (Å²) in [6, 6.07) is 19.7. The molecule has 1 heterocycles. The van der Waals surface area contributed by atoms with Crippen LogP contribution in [0.1, 0.15) is 35.9 Å². The van der Waals surface area contributed by atoms with E-state index >= 15 is 0 Å². The van der Waals surface area contributed by atoms with Crippen LogP contribution in [0.15, 0.2) is 76.4 Å². The Morgan fingerprint density at radius 1 is 0.857 bits per heavy atom. The van der Waals surface area contributed by atoms with Crippen molar-refractivity contribution in [2.75, 3.05) is 32.0 Å². The van der Waals surface area contributed by atoms with E-state index < -0.39 is 0 Å². The van der Waals surface area contributed by atoms with Crippen LogP contribution in [0.2, 0.25) is 0 Å². The third-order valence-corrected chi connectivity index (χ3v) is 7.41. The van der Waals surface area contributed by atoms with E-state index in [1.807, 2.05) is 54.6 Å². The smallest absolute Gasteiger partial charge is 0.203 e. The number of ketones is 1. The van der Waals surface area contributed by atoms with Gasteiger partial charge in [0.25, 0.3) is 0 Å². The maximum Gasteiger partial charge on any atom is 0.203 e. The Labute approximate surface area is 213 Å². The number of methoxy groups -OCH3 is 3. The molecule has 6 nitrogen and oxygen atoms in total. The number of para-hydroxylation sites is 2. The van der Waals surface area contributed by atoms with Gasteiger partial charge in [0.1, 0.15) is 0 Å². The predicted octanol–water partition coefficient (Wildman–Crippen LogP) is 6.45. The molecule has 0 saturated carbocycles. The molecule has 1 aliphatic heterocycles. The van der Waals surface area contributed by atoms with Gasteiger partial charge in [0.2, 0.25) is 5.75 Å². The Hall–Kier alpha value is -3.45. The minimum atomic E-state index is -0.273. The number of benzene rings is 3. The summed E-state index contributed by atoms with van der Waals surface area (Å²) < 4.78 is 17.6. The standard InChI is InChI=1S/C28H27BrN2O4/c1-33-24-14-17(15-25(34-2)28(24)35-3)16-12-22-26(23(32)13-16)27(18-8-4-5-9-19(18)29)31-21-11-7-6-10-20(21)30-22/h4-11,14-16,27,30-31H,12-13H2,1-3H3. The van der Waals surface area contributed by atoms with Gasteiger partial charge in [-0.3, -0.25) is 4.79 Å². The lowest BCUT2D eigenvalue weighted by Crippen LogP contribution is -2.27. The summed E-state index contributed by atoms with van der Waals surface area (Å²) in [6.07, 6.45) is 1.06. The maximum atomic E-state index is 13.8. The largest absolute Gasteiger partial charge is 0.493 e. The molecule has 3 aromatic rings. The van der Waals surface area contributed by atoms with Gasteiger partial charge >= 0.3 is 0 Å². The Bertz CT molecular complexity index is 1290. The summed E-state index contributed by atoms with van der Waals surface area (Å²) in [6.45, 7) is 0. The fraction of sp³-hybridized carbons (Fsp3) is 0.250. The molecule has 0 radical (unpaired) electrons. The second-order valence-electron chi connectivity index (χ2n) is 8.65. The molecule has 7 heteroatoms. The normalized spacial score (nSPS) is 19.0. The summed E-state index contributed by atoms with van der Waals surface area (Å²) in [5, 5.41) is 7.21. The molecular formula is C28H27BrN2O4. The number of nitrogens with one attached hydrogen (secondary N) is 2. The van der Waals surface area contributed by atoms with Crippen molar-refractivity contribution in [1.29, 1.82) is 0 Å². The number of halogens is 1. The van der Waals surface area contributed by atoms with Crippen LogP contribution in [0.5, 0.6) is 17.2 Å². The van der Waals surface area contributed by atoms with Gasteiger partial charge in [-0.15, -0.1) is 0 Å². The van der Waals surface area contributed by atoms with Crippen molar-refractivity contribution in [3.8, 4) is 17.2 Å². The molecule has 0 spiro atoms. The van der Waals surface area contributed by atoms with Crippen LogP contribution in [0.4, 0.5) is 11.4 Å². The molecule has 180 valence electrons. The summed E-state index contributed by atoms with van der Waals surface area (Å²) in [4.78, 5) is 13.8. The number of Topliss-reactive ketones (excluding diaryl/α,β-unsaturated/α-hetero) is 1. The van der Waals surface area contributed by atoms with Gasteiger partial charge < -0.3 is 24.8 Å². The molecule has 3 aromatic carbocycles. The summed E-state index contributed by atoms with van der Waals surface area (Å²) in [7, 11) is 4.79. The number of hydrogen-bond donors (Lipinski definition) is 2. The monoisotopic (exact) mass is 534 g/mol. The number of anilines is 2. The van der Waals surface area contributed by atoms with Crippen LogP contribution in [-0.4, -0.2) is 27.1 Å². The molecule has 0 bridgehead atoms. The molecule has 0 fully saturated rings. The molecule has 0 amide bonds. The number of rotatable bonds is 5. The highest BCUT2D eigenvalue weighted by atomic mass is 79.9. The van der Waals surface area contributed by atoms with Crippen molar-refractivity contribution in [2.24, 2.45) is 0 Å². The van der Waals surface area contributed by atoms with Crippen LogP contribution in [0.25, 0.3) is 0 Å². The lowest BCUT2D eigenvalue weighted by Gasteiger charge is -2.30. The summed E-state index contributed by atoms with van der Waals surface area (Å²) in [5.74, 6) is 1.79. The van der Waals surface area contributed by atoms with Crippen LogP contribution < -0.4 is 24.8 Å².